The largest absolute Gasteiger partial charge is 0.389 e. The summed E-state index contributed by atoms with van der Waals surface area (Å²) in [5.41, 5.74) is 1.09. The Balaban J connectivity index is 2.05. The summed E-state index contributed by atoms with van der Waals surface area (Å²) >= 11 is 5.89. The molecule has 4 nitrogen and oxygen atoms in total. The van der Waals surface area contributed by atoms with Gasteiger partial charge in [-0.25, -0.2) is 0 Å². The van der Waals surface area contributed by atoms with Gasteiger partial charge in [0.05, 0.1) is 25.9 Å². The van der Waals surface area contributed by atoms with Crippen LogP contribution in [0.4, 0.5) is 0 Å². The summed E-state index contributed by atoms with van der Waals surface area (Å²) in [5.74, 6) is 0. The number of aliphatic hydroxyl groups is 1. The van der Waals surface area contributed by atoms with E-state index < -0.39 is 6.10 Å². The zero-order chi connectivity index (χ0) is 13.9. The molecule has 0 amide bonds. The number of nitrogens with one attached hydrogen (secondary N) is 1. The van der Waals surface area contributed by atoms with E-state index in [4.69, 9.17) is 21.1 Å². The molecule has 1 rings (SSSR count). The molecule has 0 aliphatic rings. The van der Waals surface area contributed by atoms with Gasteiger partial charge in [0.25, 0.3) is 0 Å². The summed E-state index contributed by atoms with van der Waals surface area (Å²) in [7, 11) is 0. The molecule has 2 N–H and O–H groups in total. The summed E-state index contributed by atoms with van der Waals surface area (Å²) in [6.45, 7) is 5.19. The fourth-order valence-corrected chi connectivity index (χ4v) is 1.78. The first-order valence-corrected chi connectivity index (χ1v) is 6.89. The third-order valence-corrected chi connectivity index (χ3v) is 2.72. The Morgan fingerprint density at radius 2 is 2.11 bits per heavy atom. The SMILES string of the molecule is CCOCCOC[C@@H](O)CNCc1cccc(Cl)c1. The average Bonchev–Trinajstić information content (AvgIpc) is 2.38. The van der Waals surface area contributed by atoms with Gasteiger partial charge in [0.2, 0.25) is 0 Å². The van der Waals surface area contributed by atoms with Crippen molar-refractivity contribution in [2.75, 3.05) is 33.0 Å². The number of aliphatic hydroxyl groups excluding tert-OH is 1. The van der Waals surface area contributed by atoms with Gasteiger partial charge < -0.3 is 19.9 Å². The van der Waals surface area contributed by atoms with Crippen molar-refractivity contribution in [2.24, 2.45) is 0 Å². The molecule has 0 saturated carbocycles. The lowest BCUT2D eigenvalue weighted by molar-refractivity contribution is 0.00643. The van der Waals surface area contributed by atoms with Gasteiger partial charge in [0.15, 0.2) is 0 Å². The molecule has 5 heteroatoms. The van der Waals surface area contributed by atoms with E-state index in [-0.39, 0.29) is 0 Å². The van der Waals surface area contributed by atoms with E-state index in [2.05, 4.69) is 5.32 Å². The minimum Gasteiger partial charge on any atom is -0.389 e. The fraction of sp³-hybridized carbons (Fsp3) is 0.571. The van der Waals surface area contributed by atoms with Crippen molar-refractivity contribution < 1.29 is 14.6 Å². The van der Waals surface area contributed by atoms with Crippen LogP contribution in [0.2, 0.25) is 5.02 Å². The molecular formula is C14H22ClNO3. The molecule has 0 unspecified atom stereocenters. The van der Waals surface area contributed by atoms with Crippen LogP contribution < -0.4 is 5.32 Å². The Bertz CT molecular complexity index is 349. The first-order chi connectivity index (χ1) is 9.22. The van der Waals surface area contributed by atoms with Gasteiger partial charge in [-0.3, -0.25) is 0 Å². The predicted molar refractivity (Wildman–Crippen MR) is 76.5 cm³/mol. The van der Waals surface area contributed by atoms with E-state index in [1.807, 2.05) is 31.2 Å². The van der Waals surface area contributed by atoms with Crippen LogP contribution in [0.15, 0.2) is 24.3 Å². The molecule has 0 saturated heterocycles. The van der Waals surface area contributed by atoms with Crippen LogP contribution in [-0.4, -0.2) is 44.2 Å². The number of hydrogen-bond acceptors (Lipinski definition) is 4. The summed E-state index contributed by atoms with van der Waals surface area (Å²) in [6, 6.07) is 7.64. The highest BCUT2D eigenvalue weighted by molar-refractivity contribution is 6.30. The lowest BCUT2D eigenvalue weighted by Crippen LogP contribution is -2.30. The second-order valence-corrected chi connectivity index (χ2v) is 4.62. The minimum absolute atomic E-state index is 0.315. The van der Waals surface area contributed by atoms with Crippen molar-refractivity contribution in [3.8, 4) is 0 Å². The third kappa shape index (κ3) is 8.18. The predicted octanol–water partition coefficient (Wildman–Crippen LogP) is 1.84. The monoisotopic (exact) mass is 287 g/mol. The van der Waals surface area contributed by atoms with Gasteiger partial charge >= 0.3 is 0 Å². The third-order valence-electron chi connectivity index (χ3n) is 2.48. The van der Waals surface area contributed by atoms with Crippen LogP contribution in [0, 0.1) is 0 Å². The Hall–Kier alpha value is -0.650. The first-order valence-electron chi connectivity index (χ1n) is 6.51. The summed E-state index contributed by atoms with van der Waals surface area (Å²) < 4.78 is 10.4. The van der Waals surface area contributed by atoms with Crippen LogP contribution in [0.3, 0.4) is 0 Å². The molecule has 108 valence electrons. The van der Waals surface area contributed by atoms with Crippen molar-refractivity contribution in [1.29, 1.82) is 0 Å². The van der Waals surface area contributed by atoms with Crippen LogP contribution in [0.5, 0.6) is 0 Å². The number of rotatable bonds is 10. The maximum atomic E-state index is 9.68. The summed E-state index contributed by atoms with van der Waals surface area (Å²) in [6.07, 6.45) is -0.513. The van der Waals surface area contributed by atoms with Gasteiger partial charge in [0, 0.05) is 24.7 Å². The van der Waals surface area contributed by atoms with Crippen LogP contribution >= 0.6 is 11.6 Å². The van der Waals surface area contributed by atoms with Crippen LogP contribution in [0.1, 0.15) is 12.5 Å². The maximum absolute atomic E-state index is 9.68. The minimum atomic E-state index is -0.513. The second kappa shape index (κ2) is 10.2. The molecule has 1 aromatic rings. The molecule has 19 heavy (non-hydrogen) atoms. The van der Waals surface area contributed by atoms with Crippen molar-refractivity contribution in [3.63, 3.8) is 0 Å². The van der Waals surface area contributed by atoms with Crippen molar-refractivity contribution in [3.05, 3.63) is 34.9 Å². The topological polar surface area (TPSA) is 50.7 Å². The lowest BCUT2D eigenvalue weighted by Gasteiger charge is -2.12. The number of halogens is 1. The first kappa shape index (κ1) is 16.4. The second-order valence-electron chi connectivity index (χ2n) is 4.19. The Morgan fingerprint density at radius 1 is 1.32 bits per heavy atom. The molecule has 1 atom stereocenters. The quantitative estimate of drug-likeness (QED) is 0.645. The number of hydrogen-bond donors (Lipinski definition) is 2. The highest BCUT2D eigenvalue weighted by atomic mass is 35.5. The van der Waals surface area contributed by atoms with Gasteiger partial charge in [-0.1, -0.05) is 23.7 Å². The molecule has 1 aromatic carbocycles. The molecule has 0 heterocycles. The number of benzene rings is 1. The zero-order valence-corrected chi connectivity index (χ0v) is 12.0. The zero-order valence-electron chi connectivity index (χ0n) is 11.3. The van der Waals surface area contributed by atoms with E-state index in [9.17, 15) is 5.11 Å². The molecular weight excluding hydrogens is 266 g/mol. The summed E-state index contributed by atoms with van der Waals surface area (Å²) in [5, 5.41) is 13.6. The number of ether oxygens (including phenoxy) is 2. The van der Waals surface area contributed by atoms with E-state index >= 15 is 0 Å². The van der Waals surface area contributed by atoms with Gasteiger partial charge in [0.1, 0.15) is 0 Å². The Kier molecular flexibility index (Phi) is 8.79. The standard InChI is InChI=1S/C14H22ClNO3/c1-2-18-6-7-19-11-14(17)10-16-9-12-4-3-5-13(15)8-12/h3-5,8,14,16-17H,2,6-7,9-11H2,1H3/t14-/m0/s1. The van der Waals surface area contributed by atoms with Crippen molar-refractivity contribution >= 4 is 11.6 Å². The smallest absolute Gasteiger partial charge is 0.0897 e. The molecule has 0 aliphatic carbocycles. The molecule has 0 aromatic heterocycles. The van der Waals surface area contributed by atoms with E-state index in [0.29, 0.717) is 39.5 Å². The molecule has 0 fully saturated rings. The van der Waals surface area contributed by atoms with Gasteiger partial charge in [-0.15, -0.1) is 0 Å². The maximum Gasteiger partial charge on any atom is 0.0897 e. The van der Waals surface area contributed by atoms with Crippen molar-refractivity contribution in [1.82, 2.24) is 5.32 Å². The Morgan fingerprint density at radius 3 is 2.84 bits per heavy atom. The van der Waals surface area contributed by atoms with Crippen molar-refractivity contribution in [2.45, 2.75) is 19.6 Å². The molecule has 0 bridgehead atoms. The normalized spacial score (nSPS) is 12.6. The Labute approximate surface area is 119 Å². The van der Waals surface area contributed by atoms with E-state index in [1.165, 1.54) is 0 Å². The van der Waals surface area contributed by atoms with Gasteiger partial charge in [-0.05, 0) is 24.6 Å². The van der Waals surface area contributed by atoms with Gasteiger partial charge in [-0.2, -0.15) is 0 Å². The van der Waals surface area contributed by atoms with E-state index in [0.717, 1.165) is 10.6 Å². The van der Waals surface area contributed by atoms with E-state index in [1.54, 1.807) is 0 Å². The highest BCUT2D eigenvalue weighted by Gasteiger charge is 2.03. The highest BCUT2D eigenvalue weighted by Crippen LogP contribution is 2.10. The molecule has 0 radical (unpaired) electrons. The summed E-state index contributed by atoms with van der Waals surface area (Å²) in [4.78, 5) is 0. The van der Waals surface area contributed by atoms with Crippen LogP contribution in [-0.2, 0) is 16.0 Å². The average molecular weight is 288 g/mol. The fourth-order valence-electron chi connectivity index (χ4n) is 1.57. The molecule has 0 aliphatic heterocycles. The van der Waals surface area contributed by atoms with Crippen LogP contribution in [0.25, 0.3) is 0 Å². The lowest BCUT2D eigenvalue weighted by atomic mass is 10.2. The molecule has 0 spiro atoms.